The quantitative estimate of drug-likeness (QED) is 0.115. The van der Waals surface area contributed by atoms with E-state index in [0.29, 0.717) is 12.2 Å². The second kappa shape index (κ2) is 23.5. The molecule has 0 unspecified atom stereocenters. The Morgan fingerprint density at radius 1 is 0.676 bits per heavy atom. The summed E-state index contributed by atoms with van der Waals surface area (Å²) in [5, 5.41) is 9.24. The van der Waals surface area contributed by atoms with Crippen molar-refractivity contribution < 1.29 is 19.4 Å². The molecular weight excluding hydrogens is 444 g/mol. The van der Waals surface area contributed by atoms with Crippen molar-refractivity contribution in [2.45, 2.75) is 110 Å². The Labute approximate surface area is 213 Å². The van der Waals surface area contributed by atoms with E-state index in [1.54, 1.807) is 23.9 Å². The molecule has 0 aliphatic rings. The van der Waals surface area contributed by atoms with E-state index in [4.69, 9.17) is 9.47 Å². The number of benzene rings is 1. The average molecular weight is 495 g/mol. The Morgan fingerprint density at radius 2 is 1.15 bits per heavy atom. The van der Waals surface area contributed by atoms with Crippen molar-refractivity contribution in [1.82, 2.24) is 0 Å². The van der Waals surface area contributed by atoms with E-state index in [9.17, 15) is 9.90 Å². The summed E-state index contributed by atoms with van der Waals surface area (Å²) in [6, 6.07) is 6.11. The van der Waals surface area contributed by atoms with E-state index in [2.05, 4.69) is 6.92 Å². The van der Waals surface area contributed by atoms with Gasteiger partial charge in [-0.3, -0.25) is 0 Å². The van der Waals surface area contributed by atoms with Crippen molar-refractivity contribution in [3.05, 3.63) is 29.8 Å². The van der Waals surface area contributed by atoms with Gasteiger partial charge in [0.25, 0.3) is 0 Å². The van der Waals surface area contributed by atoms with Crippen molar-refractivity contribution in [3.8, 4) is 5.75 Å². The average Bonchev–Trinajstić information content (AvgIpc) is 2.84. The number of phenols is 1. The molecule has 1 N–H and O–H groups in total. The number of aromatic hydroxyl groups is 1. The maximum absolute atomic E-state index is 11.8. The van der Waals surface area contributed by atoms with Gasteiger partial charge in [0.05, 0.1) is 12.2 Å². The van der Waals surface area contributed by atoms with Crippen LogP contribution in [-0.2, 0) is 9.47 Å². The molecule has 0 aliphatic carbocycles. The van der Waals surface area contributed by atoms with E-state index in [-0.39, 0.29) is 11.7 Å². The normalized spacial score (nSPS) is 11.1. The second-order valence-electron chi connectivity index (χ2n) is 9.21. The molecule has 0 atom stereocenters. The number of phenolic OH excluding ortho intramolecular Hbond substituents is 1. The molecular formula is C29H50O4S. The maximum Gasteiger partial charge on any atom is 0.338 e. The third-order valence-corrected chi connectivity index (χ3v) is 6.99. The predicted molar refractivity (Wildman–Crippen MR) is 146 cm³/mol. The van der Waals surface area contributed by atoms with Gasteiger partial charge in [-0.2, -0.15) is 11.8 Å². The monoisotopic (exact) mass is 494 g/mol. The predicted octanol–water partition coefficient (Wildman–Crippen LogP) is 8.56. The summed E-state index contributed by atoms with van der Waals surface area (Å²) < 4.78 is 10.9. The minimum atomic E-state index is -0.347. The van der Waals surface area contributed by atoms with Gasteiger partial charge < -0.3 is 14.6 Å². The molecule has 0 fully saturated rings. The van der Waals surface area contributed by atoms with Crippen molar-refractivity contribution in [2.24, 2.45) is 0 Å². The first-order chi connectivity index (χ1) is 16.7. The number of esters is 1. The zero-order chi connectivity index (χ0) is 24.5. The smallest absolute Gasteiger partial charge is 0.338 e. The molecule has 0 spiro atoms. The molecule has 4 nitrogen and oxygen atoms in total. The van der Waals surface area contributed by atoms with Crippen LogP contribution in [0, 0.1) is 0 Å². The summed E-state index contributed by atoms with van der Waals surface area (Å²) in [7, 11) is 0. The molecule has 1 aromatic rings. The Balaban J connectivity index is 1.71. The molecule has 0 aromatic heterocycles. The van der Waals surface area contributed by atoms with Crippen molar-refractivity contribution in [3.63, 3.8) is 0 Å². The van der Waals surface area contributed by atoms with Crippen LogP contribution in [0.4, 0.5) is 0 Å². The Bertz CT molecular complexity index is 576. The highest BCUT2D eigenvalue weighted by atomic mass is 32.2. The van der Waals surface area contributed by atoms with E-state index >= 15 is 0 Å². The van der Waals surface area contributed by atoms with Gasteiger partial charge in [-0.1, -0.05) is 103 Å². The molecule has 0 saturated carbocycles. The van der Waals surface area contributed by atoms with Crippen LogP contribution < -0.4 is 0 Å². The number of unbranched alkanes of at least 4 members (excludes halogenated alkanes) is 15. The van der Waals surface area contributed by atoms with E-state index < -0.39 is 0 Å². The number of ether oxygens (including phenoxy) is 2. The Hall–Kier alpha value is -1.20. The van der Waals surface area contributed by atoms with Gasteiger partial charge in [0.1, 0.15) is 12.4 Å². The van der Waals surface area contributed by atoms with Gasteiger partial charge in [0.15, 0.2) is 0 Å². The minimum Gasteiger partial charge on any atom is -0.508 e. The third kappa shape index (κ3) is 19.1. The van der Waals surface area contributed by atoms with Crippen LogP contribution >= 0.6 is 11.8 Å². The lowest BCUT2D eigenvalue weighted by Crippen LogP contribution is -2.08. The Morgan fingerprint density at radius 3 is 1.68 bits per heavy atom. The molecule has 196 valence electrons. The molecule has 0 saturated heterocycles. The van der Waals surface area contributed by atoms with Gasteiger partial charge >= 0.3 is 5.97 Å². The van der Waals surface area contributed by atoms with Gasteiger partial charge in [-0.05, 0) is 30.7 Å². The van der Waals surface area contributed by atoms with Gasteiger partial charge in [0, 0.05) is 18.1 Å². The van der Waals surface area contributed by atoms with Crippen LogP contribution in [0.2, 0.25) is 0 Å². The second-order valence-corrected chi connectivity index (χ2v) is 10.4. The number of carbonyl (C=O) groups excluding carboxylic acids is 1. The van der Waals surface area contributed by atoms with Crippen molar-refractivity contribution >= 4 is 17.7 Å². The fourth-order valence-corrected chi connectivity index (χ4v) is 4.59. The van der Waals surface area contributed by atoms with E-state index in [0.717, 1.165) is 31.1 Å². The summed E-state index contributed by atoms with van der Waals surface area (Å²) in [5.74, 6) is 1.49. The van der Waals surface area contributed by atoms with Crippen LogP contribution in [0.1, 0.15) is 120 Å². The fourth-order valence-electron chi connectivity index (χ4n) is 3.95. The molecule has 0 aliphatic heterocycles. The highest BCUT2D eigenvalue weighted by molar-refractivity contribution is 7.99. The maximum atomic E-state index is 11.8. The molecule has 5 heteroatoms. The fraction of sp³-hybridized carbons (Fsp3) is 0.759. The third-order valence-electron chi connectivity index (χ3n) is 6.08. The first-order valence-corrected chi connectivity index (χ1v) is 15.0. The van der Waals surface area contributed by atoms with Crippen molar-refractivity contribution in [1.29, 1.82) is 0 Å². The van der Waals surface area contributed by atoms with E-state index in [1.165, 1.54) is 108 Å². The first-order valence-electron chi connectivity index (χ1n) is 13.9. The Kier molecular flexibility index (Phi) is 21.3. The first kappa shape index (κ1) is 30.8. The highest BCUT2D eigenvalue weighted by Gasteiger charge is 2.06. The molecule has 34 heavy (non-hydrogen) atoms. The number of hydrogen-bond donors (Lipinski definition) is 1. The van der Waals surface area contributed by atoms with Crippen LogP contribution in [0.5, 0.6) is 5.75 Å². The number of thioether (sulfide) groups is 1. The standard InChI is InChI=1S/C29H50O4S/c1-2-3-4-5-6-7-8-9-10-11-12-13-14-15-16-17-22-32-23-25-34-26-24-33-29(31)27-18-20-28(30)21-19-27/h18-21,30H,2-17,22-26H2,1H3. The van der Waals surface area contributed by atoms with Gasteiger partial charge in [0.2, 0.25) is 0 Å². The highest BCUT2D eigenvalue weighted by Crippen LogP contribution is 2.14. The van der Waals surface area contributed by atoms with Crippen LogP contribution in [0.25, 0.3) is 0 Å². The largest absolute Gasteiger partial charge is 0.508 e. The summed E-state index contributed by atoms with van der Waals surface area (Å²) >= 11 is 1.74. The van der Waals surface area contributed by atoms with Gasteiger partial charge in [-0.15, -0.1) is 0 Å². The lowest BCUT2D eigenvalue weighted by Gasteiger charge is -2.06. The van der Waals surface area contributed by atoms with Crippen LogP contribution in [0.15, 0.2) is 24.3 Å². The zero-order valence-corrected chi connectivity index (χ0v) is 22.6. The summed E-state index contributed by atoms with van der Waals surface area (Å²) in [5.41, 5.74) is 0.463. The molecule has 1 rings (SSSR count). The zero-order valence-electron chi connectivity index (χ0n) is 21.7. The number of carbonyl (C=O) groups is 1. The summed E-state index contributed by atoms with van der Waals surface area (Å²) in [6.45, 7) is 4.29. The summed E-state index contributed by atoms with van der Waals surface area (Å²) in [4.78, 5) is 11.8. The molecule has 1 aromatic carbocycles. The van der Waals surface area contributed by atoms with Gasteiger partial charge in [-0.25, -0.2) is 4.79 Å². The molecule has 0 heterocycles. The molecule has 0 amide bonds. The minimum absolute atomic E-state index is 0.145. The van der Waals surface area contributed by atoms with Crippen LogP contribution in [-0.4, -0.2) is 42.4 Å². The number of hydrogen-bond acceptors (Lipinski definition) is 5. The lowest BCUT2D eigenvalue weighted by atomic mass is 10.0. The molecule has 0 bridgehead atoms. The van der Waals surface area contributed by atoms with Crippen LogP contribution in [0.3, 0.4) is 0 Å². The SMILES string of the molecule is CCCCCCCCCCCCCCCCCCOCCSCCOC(=O)c1ccc(O)cc1. The van der Waals surface area contributed by atoms with Crippen molar-refractivity contribution in [2.75, 3.05) is 31.3 Å². The van der Waals surface area contributed by atoms with E-state index in [1.807, 2.05) is 0 Å². The number of rotatable bonds is 24. The lowest BCUT2D eigenvalue weighted by molar-refractivity contribution is 0.0530. The topological polar surface area (TPSA) is 55.8 Å². The summed E-state index contributed by atoms with van der Waals surface area (Å²) in [6.07, 6.45) is 22.2. The molecule has 0 radical (unpaired) electrons.